The first-order valence-corrected chi connectivity index (χ1v) is 9.24. The second kappa shape index (κ2) is 7.15. The first kappa shape index (κ1) is 17.7. The molecule has 142 valence electrons. The fraction of sp³-hybridized carbons (Fsp3) is 0.400. The maximum absolute atomic E-state index is 14.5. The summed E-state index contributed by atoms with van der Waals surface area (Å²) in [4.78, 5) is 8.42. The number of halogens is 1. The second-order valence-electron chi connectivity index (χ2n) is 7.06. The second-order valence-corrected chi connectivity index (χ2v) is 7.06. The summed E-state index contributed by atoms with van der Waals surface area (Å²) >= 11 is 0. The molecule has 4 heterocycles. The molecule has 0 bridgehead atoms. The van der Waals surface area contributed by atoms with Gasteiger partial charge in [0.05, 0.1) is 22.1 Å². The van der Waals surface area contributed by atoms with Crippen LogP contribution in [0.1, 0.15) is 25.3 Å². The standard InChI is InChI=1S/C20H24FN5O/c1-12(22)18(23-2)14-9-16-19(25-10-14)17-15(3-6-24-20(17)21)26(16)11-13-4-7-27-8-5-13/h3,6,9-10,13,23H,4-5,7-8,11,22H2,1-2H3/b18-12-. The number of aromatic nitrogens is 3. The van der Waals surface area contributed by atoms with E-state index in [2.05, 4.69) is 19.9 Å². The van der Waals surface area contributed by atoms with Crippen LogP contribution in [0.4, 0.5) is 4.39 Å². The third-order valence-corrected chi connectivity index (χ3v) is 5.28. The third kappa shape index (κ3) is 3.12. The van der Waals surface area contributed by atoms with Crippen LogP contribution in [0.5, 0.6) is 0 Å². The highest BCUT2D eigenvalue weighted by Gasteiger charge is 2.21. The van der Waals surface area contributed by atoms with Crippen LogP contribution in [0.25, 0.3) is 27.6 Å². The van der Waals surface area contributed by atoms with E-state index in [1.165, 1.54) is 6.20 Å². The Morgan fingerprint density at radius 3 is 2.81 bits per heavy atom. The van der Waals surface area contributed by atoms with Crippen molar-refractivity contribution in [1.29, 1.82) is 0 Å². The van der Waals surface area contributed by atoms with Gasteiger partial charge in [0, 0.05) is 50.5 Å². The number of hydrogen-bond acceptors (Lipinski definition) is 5. The molecular weight excluding hydrogens is 345 g/mol. The van der Waals surface area contributed by atoms with Gasteiger partial charge in [-0.3, -0.25) is 4.98 Å². The zero-order valence-electron chi connectivity index (χ0n) is 15.6. The van der Waals surface area contributed by atoms with Crippen molar-refractivity contribution in [2.24, 2.45) is 11.7 Å². The van der Waals surface area contributed by atoms with Crippen molar-refractivity contribution in [3.05, 3.63) is 41.7 Å². The number of allylic oxidation sites excluding steroid dienone is 1. The summed E-state index contributed by atoms with van der Waals surface area (Å²) in [6.45, 7) is 4.20. The van der Waals surface area contributed by atoms with Gasteiger partial charge in [0.15, 0.2) is 0 Å². The monoisotopic (exact) mass is 369 g/mol. The maximum atomic E-state index is 14.5. The highest BCUT2D eigenvalue weighted by Crippen LogP contribution is 2.32. The van der Waals surface area contributed by atoms with Crippen LogP contribution >= 0.6 is 0 Å². The van der Waals surface area contributed by atoms with Crippen molar-refractivity contribution in [2.45, 2.75) is 26.3 Å². The number of ether oxygens (including phenoxy) is 1. The van der Waals surface area contributed by atoms with Gasteiger partial charge < -0.3 is 20.4 Å². The van der Waals surface area contributed by atoms with Gasteiger partial charge in [0.2, 0.25) is 5.95 Å². The van der Waals surface area contributed by atoms with Crippen molar-refractivity contribution in [2.75, 3.05) is 20.3 Å². The SMILES string of the molecule is CN/C(=C(/C)N)c1cnc2c3c(F)nccc3n(CC3CCOCC3)c2c1. The Labute approximate surface area is 157 Å². The van der Waals surface area contributed by atoms with Gasteiger partial charge in [-0.2, -0.15) is 4.39 Å². The molecule has 3 aromatic heterocycles. The third-order valence-electron chi connectivity index (χ3n) is 5.28. The van der Waals surface area contributed by atoms with Crippen LogP contribution < -0.4 is 11.1 Å². The van der Waals surface area contributed by atoms with Crippen LogP contribution in [0.2, 0.25) is 0 Å². The average Bonchev–Trinajstić information content (AvgIpc) is 2.97. The fourth-order valence-electron chi connectivity index (χ4n) is 3.94. The van der Waals surface area contributed by atoms with Crippen molar-refractivity contribution >= 4 is 27.6 Å². The summed E-state index contributed by atoms with van der Waals surface area (Å²) < 4.78 is 22.2. The van der Waals surface area contributed by atoms with Crippen LogP contribution in [0.3, 0.4) is 0 Å². The topological polar surface area (TPSA) is 78.0 Å². The van der Waals surface area contributed by atoms with Crippen LogP contribution in [0.15, 0.2) is 30.2 Å². The van der Waals surface area contributed by atoms with E-state index in [0.29, 0.717) is 22.5 Å². The zero-order chi connectivity index (χ0) is 19.0. The molecule has 4 rings (SSSR count). The van der Waals surface area contributed by atoms with E-state index >= 15 is 0 Å². The molecule has 0 aromatic carbocycles. The first-order valence-electron chi connectivity index (χ1n) is 9.24. The van der Waals surface area contributed by atoms with Crippen LogP contribution in [-0.2, 0) is 11.3 Å². The Bertz CT molecular complexity index is 1020. The molecule has 0 atom stereocenters. The molecule has 27 heavy (non-hydrogen) atoms. The Balaban J connectivity index is 1.93. The Hall–Kier alpha value is -2.67. The predicted molar refractivity (Wildman–Crippen MR) is 104 cm³/mol. The normalized spacial score (nSPS) is 16.7. The van der Waals surface area contributed by atoms with Crippen molar-refractivity contribution in [3.8, 4) is 0 Å². The average molecular weight is 369 g/mol. The Kier molecular flexibility index (Phi) is 4.70. The molecule has 0 unspecified atom stereocenters. The molecule has 7 heteroatoms. The first-order chi connectivity index (χ1) is 13.1. The largest absolute Gasteiger partial charge is 0.401 e. The molecule has 1 saturated heterocycles. The minimum absolute atomic E-state index is 0.477. The molecule has 6 nitrogen and oxygen atoms in total. The summed E-state index contributed by atoms with van der Waals surface area (Å²) in [5.41, 5.74) is 10.8. The molecule has 0 amide bonds. The molecule has 0 aliphatic carbocycles. The highest BCUT2D eigenvalue weighted by atomic mass is 19.1. The van der Waals surface area contributed by atoms with E-state index in [9.17, 15) is 4.39 Å². The minimum Gasteiger partial charge on any atom is -0.401 e. The van der Waals surface area contributed by atoms with Crippen LogP contribution in [0, 0.1) is 11.9 Å². The lowest BCUT2D eigenvalue weighted by atomic mass is 10.0. The van der Waals surface area contributed by atoms with E-state index in [1.54, 1.807) is 6.20 Å². The van der Waals surface area contributed by atoms with Gasteiger partial charge >= 0.3 is 0 Å². The smallest absolute Gasteiger partial charge is 0.224 e. The molecule has 0 radical (unpaired) electrons. The summed E-state index contributed by atoms with van der Waals surface area (Å²) in [5, 5.41) is 3.61. The maximum Gasteiger partial charge on any atom is 0.224 e. The lowest BCUT2D eigenvalue weighted by Crippen LogP contribution is -2.20. The van der Waals surface area contributed by atoms with Gasteiger partial charge in [-0.15, -0.1) is 0 Å². The van der Waals surface area contributed by atoms with Crippen molar-refractivity contribution < 1.29 is 9.13 Å². The van der Waals surface area contributed by atoms with Gasteiger partial charge in [0.25, 0.3) is 0 Å². The lowest BCUT2D eigenvalue weighted by molar-refractivity contribution is 0.0619. The molecule has 1 fully saturated rings. The Morgan fingerprint density at radius 2 is 2.11 bits per heavy atom. The summed E-state index contributed by atoms with van der Waals surface area (Å²) in [6, 6.07) is 3.89. The molecule has 3 N–H and O–H groups in total. The number of nitrogens with two attached hydrogens (primary N) is 1. The molecule has 1 aliphatic heterocycles. The number of pyridine rings is 2. The predicted octanol–water partition coefficient (Wildman–Crippen LogP) is 3.02. The molecule has 0 saturated carbocycles. The van der Waals surface area contributed by atoms with E-state index in [4.69, 9.17) is 10.5 Å². The summed E-state index contributed by atoms with van der Waals surface area (Å²) in [7, 11) is 1.83. The molecule has 1 aliphatic rings. The number of rotatable bonds is 4. The van der Waals surface area contributed by atoms with Gasteiger partial charge in [0.1, 0.15) is 5.52 Å². The minimum atomic E-state index is -0.483. The molecule has 0 spiro atoms. The van der Waals surface area contributed by atoms with E-state index < -0.39 is 5.95 Å². The summed E-state index contributed by atoms with van der Waals surface area (Å²) in [6.07, 6.45) is 5.26. The molecular formula is C20H24FN5O. The summed E-state index contributed by atoms with van der Waals surface area (Å²) in [5.74, 6) is 0.0101. The van der Waals surface area contributed by atoms with Crippen molar-refractivity contribution in [3.63, 3.8) is 0 Å². The number of nitrogens with one attached hydrogen (secondary N) is 1. The number of hydrogen-bond donors (Lipinski definition) is 2. The quantitative estimate of drug-likeness (QED) is 0.691. The van der Waals surface area contributed by atoms with Gasteiger partial charge in [-0.1, -0.05) is 0 Å². The lowest BCUT2D eigenvalue weighted by Gasteiger charge is -2.23. The number of fused-ring (bicyclic) bond motifs is 3. The van der Waals surface area contributed by atoms with Crippen molar-refractivity contribution in [1.82, 2.24) is 19.9 Å². The fourth-order valence-corrected chi connectivity index (χ4v) is 3.94. The van der Waals surface area contributed by atoms with E-state index in [1.807, 2.05) is 26.1 Å². The number of nitrogens with zero attached hydrogens (tertiary/aromatic N) is 3. The van der Waals surface area contributed by atoms with E-state index in [0.717, 1.165) is 54.9 Å². The zero-order valence-corrected chi connectivity index (χ0v) is 15.6. The highest BCUT2D eigenvalue weighted by molar-refractivity contribution is 6.06. The Morgan fingerprint density at radius 1 is 1.33 bits per heavy atom. The van der Waals surface area contributed by atoms with Gasteiger partial charge in [-0.25, -0.2) is 4.98 Å². The molecule has 3 aromatic rings. The van der Waals surface area contributed by atoms with Gasteiger partial charge in [-0.05, 0) is 37.8 Å². The van der Waals surface area contributed by atoms with Crippen LogP contribution in [-0.4, -0.2) is 34.8 Å². The van der Waals surface area contributed by atoms with E-state index in [-0.39, 0.29) is 0 Å².